The molecule has 0 aliphatic carbocycles. The number of amides is 1. The summed E-state index contributed by atoms with van der Waals surface area (Å²) in [5, 5.41) is 20.0. The highest BCUT2D eigenvalue weighted by Gasteiger charge is 2.19. The number of nitrogens with zero attached hydrogens (tertiary/aromatic N) is 3. The molecule has 0 radical (unpaired) electrons. The second kappa shape index (κ2) is 7.44. The van der Waals surface area contributed by atoms with Crippen LogP contribution in [0.4, 0.5) is 0 Å². The topological polar surface area (TPSA) is 80.0 Å². The average molecular weight is 392 g/mol. The zero-order chi connectivity index (χ0) is 19.7. The van der Waals surface area contributed by atoms with Gasteiger partial charge >= 0.3 is 0 Å². The number of pyridine rings is 1. The summed E-state index contributed by atoms with van der Waals surface area (Å²) in [6, 6.07) is 12.8. The van der Waals surface area contributed by atoms with E-state index in [1.165, 1.54) is 0 Å². The van der Waals surface area contributed by atoms with Crippen molar-refractivity contribution in [2.75, 3.05) is 0 Å². The van der Waals surface area contributed by atoms with Crippen LogP contribution in [-0.2, 0) is 6.54 Å². The van der Waals surface area contributed by atoms with Gasteiger partial charge in [0, 0.05) is 18.2 Å². The molecule has 1 aromatic carbocycles. The van der Waals surface area contributed by atoms with Gasteiger partial charge in [0.1, 0.15) is 5.75 Å². The van der Waals surface area contributed by atoms with Crippen LogP contribution in [0.15, 0.2) is 54.0 Å². The third-order valence-electron chi connectivity index (χ3n) is 4.51. The molecule has 0 unspecified atom stereocenters. The molecule has 0 aliphatic heterocycles. The second-order valence-electron chi connectivity index (χ2n) is 6.76. The Bertz CT molecular complexity index is 1130. The molecule has 0 spiro atoms. The SMILES string of the molecule is CC(C)n1ncc2c(C(=O)NCc3ccccc3O)cc(-c3cccs3)nc21. The number of benzene rings is 1. The molecule has 0 aliphatic rings. The highest BCUT2D eigenvalue weighted by atomic mass is 32.1. The van der Waals surface area contributed by atoms with Crippen molar-refractivity contribution in [3.8, 4) is 16.3 Å². The summed E-state index contributed by atoms with van der Waals surface area (Å²) in [5.41, 5.74) is 2.62. The van der Waals surface area contributed by atoms with E-state index in [1.54, 1.807) is 41.8 Å². The highest BCUT2D eigenvalue weighted by Crippen LogP contribution is 2.29. The van der Waals surface area contributed by atoms with Crippen LogP contribution in [0.2, 0.25) is 0 Å². The smallest absolute Gasteiger partial charge is 0.252 e. The number of hydrogen-bond acceptors (Lipinski definition) is 5. The van der Waals surface area contributed by atoms with E-state index in [9.17, 15) is 9.90 Å². The lowest BCUT2D eigenvalue weighted by atomic mass is 10.1. The van der Waals surface area contributed by atoms with E-state index in [0.29, 0.717) is 22.2 Å². The van der Waals surface area contributed by atoms with Gasteiger partial charge in [-0.25, -0.2) is 9.67 Å². The quantitative estimate of drug-likeness (QED) is 0.528. The van der Waals surface area contributed by atoms with Gasteiger partial charge in [0.15, 0.2) is 5.65 Å². The van der Waals surface area contributed by atoms with E-state index in [2.05, 4.69) is 10.4 Å². The fraction of sp³-hybridized carbons (Fsp3) is 0.190. The molecule has 7 heteroatoms. The Hall–Kier alpha value is -3.19. The Kier molecular flexibility index (Phi) is 4.83. The minimum Gasteiger partial charge on any atom is -0.508 e. The lowest BCUT2D eigenvalue weighted by Crippen LogP contribution is -2.23. The van der Waals surface area contributed by atoms with Crippen LogP contribution in [0.5, 0.6) is 5.75 Å². The molecule has 0 saturated carbocycles. The third-order valence-corrected chi connectivity index (χ3v) is 5.40. The molecule has 0 atom stereocenters. The summed E-state index contributed by atoms with van der Waals surface area (Å²) in [5.74, 6) is -0.0636. The van der Waals surface area contributed by atoms with Crippen molar-refractivity contribution in [3.63, 3.8) is 0 Å². The number of rotatable bonds is 5. The first-order valence-corrected chi connectivity index (χ1v) is 9.89. The number of nitrogens with one attached hydrogen (secondary N) is 1. The Morgan fingerprint density at radius 1 is 1.25 bits per heavy atom. The lowest BCUT2D eigenvalue weighted by molar-refractivity contribution is 0.0952. The van der Waals surface area contributed by atoms with Crippen LogP contribution in [-0.4, -0.2) is 25.8 Å². The maximum absolute atomic E-state index is 13.0. The van der Waals surface area contributed by atoms with Gasteiger partial charge in [-0.1, -0.05) is 24.3 Å². The minimum atomic E-state index is -0.225. The number of phenols is 1. The molecule has 1 amide bonds. The first kappa shape index (κ1) is 18.2. The summed E-state index contributed by atoms with van der Waals surface area (Å²) >= 11 is 1.58. The minimum absolute atomic E-state index is 0.126. The van der Waals surface area contributed by atoms with E-state index in [4.69, 9.17) is 4.98 Å². The molecule has 142 valence electrons. The van der Waals surface area contributed by atoms with Crippen molar-refractivity contribution in [1.82, 2.24) is 20.1 Å². The number of phenolic OH excluding ortho intramolecular Hbond substituents is 1. The van der Waals surface area contributed by atoms with Crippen molar-refractivity contribution < 1.29 is 9.90 Å². The van der Waals surface area contributed by atoms with E-state index in [0.717, 1.165) is 10.6 Å². The monoisotopic (exact) mass is 392 g/mol. The van der Waals surface area contributed by atoms with Crippen molar-refractivity contribution in [1.29, 1.82) is 0 Å². The van der Waals surface area contributed by atoms with E-state index >= 15 is 0 Å². The van der Waals surface area contributed by atoms with Crippen LogP contribution >= 0.6 is 11.3 Å². The van der Waals surface area contributed by atoms with Gasteiger partial charge in [0.05, 0.1) is 27.7 Å². The summed E-state index contributed by atoms with van der Waals surface area (Å²) in [7, 11) is 0. The van der Waals surface area contributed by atoms with Gasteiger partial charge in [-0.05, 0) is 37.4 Å². The predicted octanol–water partition coefficient (Wildman–Crippen LogP) is 4.38. The summed E-state index contributed by atoms with van der Waals surface area (Å²) in [6.07, 6.45) is 1.69. The van der Waals surface area contributed by atoms with Crippen LogP contribution in [0, 0.1) is 0 Å². The van der Waals surface area contributed by atoms with Crippen molar-refractivity contribution in [2.24, 2.45) is 0 Å². The van der Waals surface area contributed by atoms with Gasteiger partial charge in [-0.3, -0.25) is 4.79 Å². The van der Waals surface area contributed by atoms with Crippen LogP contribution in [0.25, 0.3) is 21.6 Å². The van der Waals surface area contributed by atoms with Crippen LogP contribution in [0.3, 0.4) is 0 Å². The number of para-hydroxylation sites is 1. The molecule has 28 heavy (non-hydrogen) atoms. The Morgan fingerprint density at radius 3 is 2.79 bits per heavy atom. The highest BCUT2D eigenvalue weighted by molar-refractivity contribution is 7.13. The number of aromatic nitrogens is 3. The maximum Gasteiger partial charge on any atom is 0.252 e. The molecule has 6 nitrogen and oxygen atoms in total. The molecular formula is C21H20N4O2S. The van der Waals surface area contributed by atoms with Crippen molar-refractivity contribution >= 4 is 28.3 Å². The van der Waals surface area contributed by atoms with Gasteiger partial charge < -0.3 is 10.4 Å². The van der Waals surface area contributed by atoms with Crippen molar-refractivity contribution in [3.05, 3.63) is 65.2 Å². The van der Waals surface area contributed by atoms with Crippen LogP contribution in [0.1, 0.15) is 35.8 Å². The first-order valence-electron chi connectivity index (χ1n) is 9.02. The van der Waals surface area contributed by atoms with Gasteiger partial charge in [-0.2, -0.15) is 5.10 Å². The normalized spacial score (nSPS) is 11.2. The van der Waals surface area contributed by atoms with Crippen molar-refractivity contribution in [2.45, 2.75) is 26.4 Å². The third kappa shape index (κ3) is 3.36. The Labute approximate surface area is 166 Å². The summed E-state index contributed by atoms with van der Waals surface area (Å²) < 4.78 is 1.83. The molecule has 0 saturated heterocycles. The molecule has 3 heterocycles. The standard InChI is InChI=1S/C21H20N4O2S/c1-13(2)25-20-16(12-23-25)15(10-17(24-20)19-8-5-9-28-19)21(27)22-11-14-6-3-4-7-18(14)26/h3-10,12-13,26H,11H2,1-2H3,(H,22,27). The Balaban J connectivity index is 1.74. The van der Waals surface area contributed by atoms with Gasteiger partial charge in [0.25, 0.3) is 5.91 Å². The molecule has 4 aromatic rings. The molecule has 2 N–H and O–H groups in total. The molecule has 4 rings (SSSR count). The fourth-order valence-electron chi connectivity index (χ4n) is 3.07. The molecular weight excluding hydrogens is 372 g/mol. The lowest BCUT2D eigenvalue weighted by Gasteiger charge is -2.11. The number of fused-ring (bicyclic) bond motifs is 1. The number of carbonyl (C=O) groups is 1. The Morgan fingerprint density at radius 2 is 2.07 bits per heavy atom. The zero-order valence-corrected chi connectivity index (χ0v) is 16.4. The van der Waals surface area contributed by atoms with E-state index < -0.39 is 0 Å². The molecule has 0 fully saturated rings. The number of thiophene rings is 1. The first-order chi connectivity index (χ1) is 13.5. The maximum atomic E-state index is 13.0. The van der Waals surface area contributed by atoms with Gasteiger partial charge in [0.2, 0.25) is 0 Å². The second-order valence-corrected chi connectivity index (χ2v) is 7.71. The van der Waals surface area contributed by atoms with Gasteiger partial charge in [-0.15, -0.1) is 11.3 Å². The molecule has 0 bridgehead atoms. The summed E-state index contributed by atoms with van der Waals surface area (Å²) in [4.78, 5) is 18.7. The van der Waals surface area contributed by atoms with E-state index in [1.807, 2.05) is 42.1 Å². The molecule has 3 aromatic heterocycles. The van der Waals surface area contributed by atoms with E-state index in [-0.39, 0.29) is 24.2 Å². The average Bonchev–Trinajstić information content (AvgIpc) is 3.36. The fourth-order valence-corrected chi connectivity index (χ4v) is 3.75. The number of hydrogen-bond donors (Lipinski definition) is 2. The summed E-state index contributed by atoms with van der Waals surface area (Å²) in [6.45, 7) is 4.30. The largest absolute Gasteiger partial charge is 0.508 e. The predicted molar refractivity (Wildman–Crippen MR) is 111 cm³/mol. The number of carbonyl (C=O) groups excluding carboxylic acids is 1. The number of aromatic hydroxyl groups is 1. The zero-order valence-electron chi connectivity index (χ0n) is 15.6. The van der Waals surface area contributed by atoms with Crippen LogP contribution < -0.4 is 5.32 Å².